The third-order valence-corrected chi connectivity index (χ3v) is 3.61. The average molecular weight is 276 g/mol. The van der Waals surface area contributed by atoms with Crippen LogP contribution in [0, 0.1) is 13.8 Å². The van der Waals surface area contributed by atoms with E-state index in [1.54, 1.807) is 0 Å². The number of benzene rings is 1. The summed E-state index contributed by atoms with van der Waals surface area (Å²) in [4.78, 5) is 12.0. The molecule has 3 nitrogen and oxygen atoms in total. The summed E-state index contributed by atoms with van der Waals surface area (Å²) in [5.41, 5.74) is 3.19. The first-order chi connectivity index (χ1) is 9.56. The second kappa shape index (κ2) is 8.62. The molecule has 3 heteroatoms. The Labute approximate surface area is 123 Å². The van der Waals surface area contributed by atoms with Gasteiger partial charge in [0, 0.05) is 11.7 Å². The Hall–Kier alpha value is -1.51. The molecule has 2 amide bonds. The van der Waals surface area contributed by atoms with Crippen LogP contribution >= 0.6 is 0 Å². The largest absolute Gasteiger partial charge is 0.335 e. The van der Waals surface area contributed by atoms with Crippen molar-refractivity contribution in [3.63, 3.8) is 0 Å². The van der Waals surface area contributed by atoms with E-state index in [1.807, 2.05) is 19.1 Å². The number of nitrogens with one attached hydrogen (secondary N) is 2. The van der Waals surface area contributed by atoms with Crippen molar-refractivity contribution in [2.45, 2.75) is 65.8 Å². The first kappa shape index (κ1) is 16.5. The van der Waals surface area contributed by atoms with Gasteiger partial charge in [0.05, 0.1) is 0 Å². The average Bonchev–Trinajstić information content (AvgIpc) is 2.41. The van der Waals surface area contributed by atoms with E-state index in [-0.39, 0.29) is 12.1 Å². The van der Waals surface area contributed by atoms with Crippen molar-refractivity contribution in [1.29, 1.82) is 0 Å². The maximum Gasteiger partial charge on any atom is 0.319 e. The Kier molecular flexibility index (Phi) is 7.13. The number of aryl methyl sites for hydroxylation is 2. The minimum Gasteiger partial charge on any atom is -0.335 e. The summed E-state index contributed by atoms with van der Waals surface area (Å²) < 4.78 is 0. The molecule has 0 aliphatic rings. The number of urea groups is 1. The number of carbonyl (C=O) groups excluding carboxylic acids is 1. The zero-order valence-electron chi connectivity index (χ0n) is 13.3. The predicted octanol–water partition coefficient (Wildman–Crippen LogP) is 4.78. The predicted molar refractivity (Wildman–Crippen MR) is 86.3 cm³/mol. The van der Waals surface area contributed by atoms with Crippen LogP contribution in [0.5, 0.6) is 0 Å². The summed E-state index contributed by atoms with van der Waals surface area (Å²) in [7, 11) is 0. The topological polar surface area (TPSA) is 41.1 Å². The van der Waals surface area contributed by atoms with Crippen molar-refractivity contribution in [3.05, 3.63) is 29.3 Å². The van der Waals surface area contributed by atoms with Crippen LogP contribution < -0.4 is 10.6 Å². The van der Waals surface area contributed by atoms with Gasteiger partial charge in [0.1, 0.15) is 0 Å². The van der Waals surface area contributed by atoms with Crippen LogP contribution in [0.25, 0.3) is 0 Å². The van der Waals surface area contributed by atoms with Gasteiger partial charge in [-0.15, -0.1) is 0 Å². The molecule has 0 aromatic heterocycles. The molecule has 2 N–H and O–H groups in total. The van der Waals surface area contributed by atoms with Crippen LogP contribution in [0.4, 0.5) is 10.5 Å². The van der Waals surface area contributed by atoms with E-state index in [4.69, 9.17) is 0 Å². The molecule has 1 atom stereocenters. The molecule has 112 valence electrons. The van der Waals surface area contributed by atoms with E-state index in [1.165, 1.54) is 24.8 Å². The molecule has 0 aliphatic carbocycles. The quantitative estimate of drug-likeness (QED) is 0.691. The number of hydrogen-bond acceptors (Lipinski definition) is 1. The van der Waals surface area contributed by atoms with Crippen LogP contribution in [0.2, 0.25) is 0 Å². The summed E-state index contributed by atoms with van der Waals surface area (Å²) in [6.45, 7) is 8.38. The second-order valence-electron chi connectivity index (χ2n) is 5.52. The highest BCUT2D eigenvalue weighted by molar-refractivity contribution is 5.90. The normalized spacial score (nSPS) is 12.0. The van der Waals surface area contributed by atoms with Gasteiger partial charge in [0.25, 0.3) is 0 Å². The maximum absolute atomic E-state index is 12.0. The SMILES string of the molecule is CCCCCC(CC)NC(=O)Nc1ccc(C)cc1C. The molecule has 0 saturated heterocycles. The summed E-state index contributed by atoms with van der Waals surface area (Å²) in [5, 5.41) is 6.01. The highest BCUT2D eigenvalue weighted by Crippen LogP contribution is 2.16. The van der Waals surface area contributed by atoms with Gasteiger partial charge in [0.2, 0.25) is 0 Å². The Morgan fingerprint density at radius 2 is 1.95 bits per heavy atom. The highest BCUT2D eigenvalue weighted by Gasteiger charge is 2.10. The number of rotatable bonds is 7. The minimum absolute atomic E-state index is 0.0969. The summed E-state index contributed by atoms with van der Waals surface area (Å²) >= 11 is 0. The minimum atomic E-state index is -0.0969. The van der Waals surface area contributed by atoms with E-state index >= 15 is 0 Å². The molecule has 0 aliphatic heterocycles. The molecule has 1 rings (SSSR count). The van der Waals surface area contributed by atoms with E-state index in [0.29, 0.717) is 0 Å². The summed E-state index contributed by atoms with van der Waals surface area (Å²) in [6.07, 6.45) is 5.66. The van der Waals surface area contributed by atoms with Crippen molar-refractivity contribution >= 4 is 11.7 Å². The zero-order chi connectivity index (χ0) is 15.0. The molecule has 0 radical (unpaired) electrons. The Morgan fingerprint density at radius 3 is 2.55 bits per heavy atom. The molecule has 0 spiro atoms. The Morgan fingerprint density at radius 1 is 1.20 bits per heavy atom. The molecule has 0 fully saturated rings. The smallest absolute Gasteiger partial charge is 0.319 e. The molecule has 0 heterocycles. The molecular formula is C17H28N2O. The van der Waals surface area contributed by atoms with Crippen molar-refractivity contribution in [1.82, 2.24) is 5.32 Å². The lowest BCUT2D eigenvalue weighted by Crippen LogP contribution is -2.37. The van der Waals surface area contributed by atoms with Gasteiger partial charge in [0.15, 0.2) is 0 Å². The van der Waals surface area contributed by atoms with Gasteiger partial charge in [-0.1, -0.05) is 50.8 Å². The van der Waals surface area contributed by atoms with Crippen LogP contribution in [0.3, 0.4) is 0 Å². The molecular weight excluding hydrogens is 248 g/mol. The van der Waals surface area contributed by atoms with Crippen molar-refractivity contribution in [2.75, 3.05) is 5.32 Å². The highest BCUT2D eigenvalue weighted by atomic mass is 16.2. The van der Waals surface area contributed by atoms with Gasteiger partial charge in [-0.2, -0.15) is 0 Å². The number of amides is 2. The lowest BCUT2D eigenvalue weighted by Gasteiger charge is -2.18. The fraction of sp³-hybridized carbons (Fsp3) is 0.588. The lowest BCUT2D eigenvalue weighted by atomic mass is 10.1. The monoisotopic (exact) mass is 276 g/mol. The van der Waals surface area contributed by atoms with Crippen LogP contribution in [0.15, 0.2) is 18.2 Å². The molecule has 1 aromatic carbocycles. The molecule has 0 bridgehead atoms. The molecule has 0 saturated carbocycles. The first-order valence-electron chi connectivity index (χ1n) is 7.71. The van der Waals surface area contributed by atoms with E-state index in [0.717, 1.165) is 24.1 Å². The molecule has 1 aromatic rings. The van der Waals surface area contributed by atoms with Crippen molar-refractivity contribution < 1.29 is 4.79 Å². The summed E-state index contributed by atoms with van der Waals surface area (Å²) in [6, 6.07) is 6.23. The van der Waals surface area contributed by atoms with Gasteiger partial charge in [-0.05, 0) is 38.3 Å². The third kappa shape index (κ3) is 5.64. The first-order valence-corrected chi connectivity index (χ1v) is 7.71. The second-order valence-corrected chi connectivity index (χ2v) is 5.52. The van der Waals surface area contributed by atoms with Gasteiger partial charge < -0.3 is 10.6 Å². The third-order valence-electron chi connectivity index (χ3n) is 3.61. The molecule has 1 unspecified atom stereocenters. The van der Waals surface area contributed by atoms with E-state index in [9.17, 15) is 4.79 Å². The van der Waals surface area contributed by atoms with Crippen LogP contribution in [-0.4, -0.2) is 12.1 Å². The zero-order valence-corrected chi connectivity index (χ0v) is 13.3. The Balaban J connectivity index is 2.48. The maximum atomic E-state index is 12.0. The lowest BCUT2D eigenvalue weighted by molar-refractivity contribution is 0.247. The summed E-state index contributed by atoms with van der Waals surface area (Å²) in [5.74, 6) is 0. The van der Waals surface area contributed by atoms with Gasteiger partial charge in [-0.25, -0.2) is 4.79 Å². The number of carbonyl (C=O) groups is 1. The number of hydrogen-bond donors (Lipinski definition) is 2. The number of unbranched alkanes of at least 4 members (excludes halogenated alkanes) is 2. The Bertz CT molecular complexity index is 429. The van der Waals surface area contributed by atoms with Crippen molar-refractivity contribution in [3.8, 4) is 0 Å². The van der Waals surface area contributed by atoms with Crippen molar-refractivity contribution in [2.24, 2.45) is 0 Å². The fourth-order valence-corrected chi connectivity index (χ4v) is 2.32. The molecule has 20 heavy (non-hydrogen) atoms. The van der Waals surface area contributed by atoms with E-state index in [2.05, 4.69) is 37.5 Å². The van der Waals surface area contributed by atoms with E-state index < -0.39 is 0 Å². The van der Waals surface area contributed by atoms with Crippen LogP contribution in [0.1, 0.15) is 57.1 Å². The van der Waals surface area contributed by atoms with Gasteiger partial charge in [-0.3, -0.25) is 0 Å². The van der Waals surface area contributed by atoms with Crippen LogP contribution in [-0.2, 0) is 0 Å². The standard InChI is InChI=1S/C17H28N2O/c1-5-7-8-9-15(6-2)18-17(20)19-16-11-10-13(3)12-14(16)4/h10-12,15H,5-9H2,1-4H3,(H2,18,19,20). The fourth-order valence-electron chi connectivity index (χ4n) is 2.32. The number of anilines is 1. The van der Waals surface area contributed by atoms with Gasteiger partial charge >= 0.3 is 6.03 Å².